The van der Waals surface area contributed by atoms with Crippen LogP contribution in [0.5, 0.6) is 11.5 Å². The minimum Gasteiger partial charge on any atom is -0.496 e. The van der Waals surface area contributed by atoms with E-state index in [2.05, 4.69) is 35.9 Å². The lowest BCUT2D eigenvalue weighted by Gasteiger charge is -2.11. The van der Waals surface area contributed by atoms with Crippen LogP contribution < -0.4 is 9.47 Å². The molecule has 0 fully saturated rings. The molecule has 0 unspecified atom stereocenters. The number of pyridine rings is 2. The first-order chi connectivity index (χ1) is 14.1. The van der Waals surface area contributed by atoms with Gasteiger partial charge in [0, 0.05) is 40.8 Å². The first-order valence-electron chi connectivity index (χ1n) is 9.02. The largest absolute Gasteiger partial charge is 0.496 e. The Morgan fingerprint density at radius 3 is 2.59 bits per heavy atom. The number of nitrogens with one attached hydrogen (secondary N) is 1. The van der Waals surface area contributed by atoms with Crippen LogP contribution in [0.1, 0.15) is 11.3 Å². The van der Waals surface area contributed by atoms with Gasteiger partial charge in [-0.2, -0.15) is 0 Å². The van der Waals surface area contributed by atoms with Gasteiger partial charge in [0.2, 0.25) is 0 Å². The van der Waals surface area contributed by atoms with Gasteiger partial charge in [-0.3, -0.25) is 4.98 Å². The fourth-order valence-electron chi connectivity index (χ4n) is 2.86. The molecule has 0 bridgehead atoms. The van der Waals surface area contributed by atoms with E-state index in [0.29, 0.717) is 12.4 Å². The predicted molar refractivity (Wildman–Crippen MR) is 115 cm³/mol. The van der Waals surface area contributed by atoms with Crippen molar-refractivity contribution in [2.75, 3.05) is 7.11 Å². The second kappa shape index (κ2) is 8.45. The Labute approximate surface area is 177 Å². The van der Waals surface area contributed by atoms with Gasteiger partial charge in [-0.05, 0) is 53.2 Å². The number of H-pyrrole nitrogens is 1. The highest BCUT2D eigenvalue weighted by Gasteiger charge is 2.12. The highest BCUT2D eigenvalue weighted by molar-refractivity contribution is 9.10. The number of aromatic amines is 1. The van der Waals surface area contributed by atoms with E-state index in [1.54, 1.807) is 19.5 Å². The second-order valence-electron chi connectivity index (χ2n) is 6.47. The summed E-state index contributed by atoms with van der Waals surface area (Å²) in [5, 5.41) is 0. The van der Waals surface area contributed by atoms with Crippen molar-refractivity contribution >= 4 is 15.9 Å². The van der Waals surface area contributed by atoms with Crippen LogP contribution in [-0.2, 0) is 6.61 Å². The number of methoxy groups -OCH3 is 1. The summed E-state index contributed by atoms with van der Waals surface area (Å²) in [4.78, 5) is 16.3. The molecule has 3 aromatic heterocycles. The number of aromatic nitrogens is 4. The Morgan fingerprint density at radius 1 is 0.966 bits per heavy atom. The zero-order chi connectivity index (χ0) is 20.2. The van der Waals surface area contributed by atoms with Crippen molar-refractivity contribution in [3.63, 3.8) is 0 Å². The fraction of sp³-hybridized carbons (Fsp3) is 0.136. The van der Waals surface area contributed by atoms with Gasteiger partial charge in [0.25, 0.3) is 0 Å². The molecule has 7 heteroatoms. The van der Waals surface area contributed by atoms with Crippen molar-refractivity contribution < 1.29 is 9.47 Å². The van der Waals surface area contributed by atoms with Crippen LogP contribution in [0.4, 0.5) is 0 Å². The first-order valence-corrected chi connectivity index (χ1v) is 9.81. The summed E-state index contributed by atoms with van der Waals surface area (Å²) in [5.74, 6) is 2.17. The van der Waals surface area contributed by atoms with E-state index in [9.17, 15) is 0 Å². The average Bonchev–Trinajstić information content (AvgIpc) is 3.23. The molecule has 4 aromatic rings. The smallest absolute Gasteiger partial charge is 0.139 e. The van der Waals surface area contributed by atoms with Crippen LogP contribution in [0.2, 0.25) is 0 Å². The molecule has 0 aliphatic carbocycles. The minimum absolute atomic E-state index is 0.445. The molecule has 3 heterocycles. The summed E-state index contributed by atoms with van der Waals surface area (Å²) in [7, 11) is 1.64. The van der Waals surface area contributed by atoms with E-state index >= 15 is 0 Å². The topological polar surface area (TPSA) is 72.9 Å². The van der Waals surface area contributed by atoms with Crippen LogP contribution in [0.25, 0.3) is 22.6 Å². The molecule has 0 saturated heterocycles. The first kappa shape index (κ1) is 19.1. The summed E-state index contributed by atoms with van der Waals surface area (Å²) >= 11 is 3.34. The molecule has 1 aromatic carbocycles. The third kappa shape index (κ3) is 4.46. The monoisotopic (exact) mass is 450 g/mol. The third-order valence-corrected chi connectivity index (χ3v) is 4.89. The van der Waals surface area contributed by atoms with Crippen LogP contribution in [0.3, 0.4) is 0 Å². The number of nitrogens with zero attached hydrogens (tertiary/aromatic N) is 3. The number of hydrogen-bond donors (Lipinski definition) is 1. The molecule has 0 saturated carbocycles. The number of benzene rings is 1. The normalized spacial score (nSPS) is 10.7. The number of ether oxygens (including phenoxy) is 2. The van der Waals surface area contributed by atoms with E-state index in [0.717, 1.165) is 44.3 Å². The van der Waals surface area contributed by atoms with E-state index < -0.39 is 0 Å². The summed E-state index contributed by atoms with van der Waals surface area (Å²) in [6, 6.07) is 13.6. The highest BCUT2D eigenvalue weighted by Crippen LogP contribution is 2.33. The zero-order valence-corrected chi connectivity index (χ0v) is 17.6. The standard InChI is InChI=1S/C22H19BrN4O2/c1-14-3-4-15(10-24-14)13-29-17-6-7-18(20(9-17)28-2)19-12-26-22(27-19)16-5-8-21(23)25-11-16/h3-12H,13H2,1-2H3,(H,26,27). The number of imidazole rings is 1. The van der Waals surface area contributed by atoms with Crippen molar-refractivity contribution in [2.24, 2.45) is 0 Å². The van der Waals surface area contributed by atoms with Crippen molar-refractivity contribution in [3.05, 3.63) is 76.9 Å². The molecule has 0 aliphatic rings. The van der Waals surface area contributed by atoms with Crippen molar-refractivity contribution in [1.29, 1.82) is 0 Å². The molecule has 4 rings (SSSR count). The van der Waals surface area contributed by atoms with Gasteiger partial charge in [-0.15, -0.1) is 0 Å². The highest BCUT2D eigenvalue weighted by atomic mass is 79.9. The van der Waals surface area contributed by atoms with E-state index in [4.69, 9.17) is 9.47 Å². The van der Waals surface area contributed by atoms with Crippen molar-refractivity contribution in [2.45, 2.75) is 13.5 Å². The summed E-state index contributed by atoms with van der Waals surface area (Å²) in [6.45, 7) is 2.41. The molecule has 1 N–H and O–H groups in total. The fourth-order valence-corrected chi connectivity index (χ4v) is 3.09. The summed E-state index contributed by atoms with van der Waals surface area (Å²) < 4.78 is 12.3. The van der Waals surface area contributed by atoms with Crippen molar-refractivity contribution in [1.82, 2.24) is 19.9 Å². The minimum atomic E-state index is 0.445. The number of halogens is 1. The third-order valence-electron chi connectivity index (χ3n) is 4.42. The summed E-state index contributed by atoms with van der Waals surface area (Å²) in [6.07, 6.45) is 5.37. The molecule has 0 amide bonds. The zero-order valence-electron chi connectivity index (χ0n) is 16.0. The van der Waals surface area contributed by atoms with Crippen LogP contribution in [-0.4, -0.2) is 27.0 Å². The van der Waals surface area contributed by atoms with Gasteiger partial charge in [0.05, 0.1) is 19.0 Å². The van der Waals surface area contributed by atoms with E-state index in [1.807, 2.05) is 55.6 Å². The molecule has 0 radical (unpaired) electrons. The maximum atomic E-state index is 5.89. The predicted octanol–water partition coefficient (Wildman–Crippen LogP) is 5.19. The van der Waals surface area contributed by atoms with E-state index in [1.165, 1.54) is 0 Å². The molecule has 146 valence electrons. The summed E-state index contributed by atoms with van der Waals surface area (Å²) in [5.41, 5.74) is 4.66. The molecular weight excluding hydrogens is 432 g/mol. The lowest BCUT2D eigenvalue weighted by Crippen LogP contribution is -1.97. The average molecular weight is 451 g/mol. The van der Waals surface area contributed by atoms with Gasteiger partial charge in [0.15, 0.2) is 0 Å². The van der Waals surface area contributed by atoms with Gasteiger partial charge in [0.1, 0.15) is 28.5 Å². The maximum Gasteiger partial charge on any atom is 0.139 e. The van der Waals surface area contributed by atoms with Crippen LogP contribution in [0.15, 0.2) is 65.7 Å². The molecule has 0 aliphatic heterocycles. The van der Waals surface area contributed by atoms with Crippen LogP contribution >= 0.6 is 15.9 Å². The quantitative estimate of drug-likeness (QED) is 0.409. The van der Waals surface area contributed by atoms with Gasteiger partial charge < -0.3 is 14.5 Å². The van der Waals surface area contributed by atoms with Crippen LogP contribution in [0, 0.1) is 6.92 Å². The van der Waals surface area contributed by atoms with E-state index in [-0.39, 0.29) is 0 Å². The number of hydrogen-bond acceptors (Lipinski definition) is 5. The lowest BCUT2D eigenvalue weighted by atomic mass is 10.1. The van der Waals surface area contributed by atoms with Gasteiger partial charge in [-0.25, -0.2) is 9.97 Å². The van der Waals surface area contributed by atoms with Gasteiger partial charge >= 0.3 is 0 Å². The second-order valence-corrected chi connectivity index (χ2v) is 7.29. The molecule has 0 atom stereocenters. The van der Waals surface area contributed by atoms with Crippen molar-refractivity contribution in [3.8, 4) is 34.1 Å². The van der Waals surface area contributed by atoms with Gasteiger partial charge in [-0.1, -0.05) is 6.07 Å². The Hall–Kier alpha value is -3.19. The Balaban J connectivity index is 1.54. The Kier molecular flexibility index (Phi) is 5.57. The number of aryl methyl sites for hydroxylation is 1. The lowest BCUT2D eigenvalue weighted by molar-refractivity contribution is 0.303. The maximum absolute atomic E-state index is 5.89. The number of rotatable bonds is 6. The molecule has 0 spiro atoms. The Bertz CT molecular complexity index is 1110. The molecule has 6 nitrogen and oxygen atoms in total. The molecular formula is C22H19BrN4O2. The SMILES string of the molecule is COc1cc(OCc2ccc(C)nc2)ccc1-c1cnc(-c2ccc(Br)nc2)[nH]1. The molecule has 29 heavy (non-hydrogen) atoms. The Morgan fingerprint density at radius 2 is 1.86 bits per heavy atom.